The molecule has 0 aromatic heterocycles. The van der Waals surface area contributed by atoms with Crippen molar-refractivity contribution in [3.63, 3.8) is 0 Å². The average Bonchev–Trinajstić information content (AvgIpc) is 1.79. The summed E-state index contributed by atoms with van der Waals surface area (Å²) in [6.45, 7) is 27.6. The lowest BCUT2D eigenvalue weighted by Gasteiger charge is -2.23. The van der Waals surface area contributed by atoms with Crippen LogP contribution in [-0.4, -0.2) is 296 Å². The maximum Gasteiger partial charge on any atom is 0.305 e. The van der Waals surface area contributed by atoms with Crippen molar-refractivity contribution in [2.45, 2.75) is 99.1 Å². The summed E-state index contributed by atoms with van der Waals surface area (Å²) in [5.41, 5.74) is 2.15. The summed E-state index contributed by atoms with van der Waals surface area (Å²) < 4.78 is 93.5. The Bertz CT molecular complexity index is 1960. The number of amides is 5. The van der Waals surface area contributed by atoms with Crippen LogP contribution in [0.4, 0.5) is 5.69 Å². The van der Waals surface area contributed by atoms with Gasteiger partial charge in [-0.05, 0) is 62.4 Å². The molecule has 1 aliphatic rings. The minimum absolute atomic E-state index is 0. The Morgan fingerprint density at radius 2 is 0.809 bits per heavy atom. The number of rotatable bonds is 64. The molecule has 1 heterocycles. The zero-order valence-electron chi connectivity index (χ0n) is 58.2. The minimum atomic E-state index is -0.992. The molecule has 2 rings (SSSR count). The highest BCUT2D eigenvalue weighted by molar-refractivity contribution is 6.14. The lowest BCUT2D eigenvalue weighted by molar-refractivity contribution is -0.144. The second-order valence-electron chi connectivity index (χ2n) is 20.8. The molecule has 0 spiro atoms. The van der Waals surface area contributed by atoms with Crippen LogP contribution in [0.5, 0.6) is 0 Å². The first-order valence-corrected chi connectivity index (χ1v) is 33.4. The topological polar surface area (TPSA) is 302 Å². The molecule has 0 aliphatic carbocycles. The molecule has 28 nitrogen and oxygen atoms in total. The Hall–Kier alpha value is -4.70. The summed E-state index contributed by atoms with van der Waals surface area (Å²) in [6.07, 6.45) is 7.74. The van der Waals surface area contributed by atoms with Crippen LogP contribution >= 0.6 is 0 Å². The van der Waals surface area contributed by atoms with Gasteiger partial charge in [-0.25, -0.2) is 0 Å². The smallest absolute Gasteiger partial charge is 0.305 e. The lowest BCUT2D eigenvalue weighted by atomic mass is 10.0. The average molecular weight is 1360 g/mol. The first-order chi connectivity index (χ1) is 45.9. The van der Waals surface area contributed by atoms with Crippen molar-refractivity contribution in [3.8, 4) is 0 Å². The van der Waals surface area contributed by atoms with Crippen molar-refractivity contribution in [3.05, 3.63) is 41.5 Å². The third-order valence-electron chi connectivity index (χ3n) is 12.3. The fourth-order valence-electron chi connectivity index (χ4n) is 7.65. The van der Waals surface area contributed by atoms with E-state index in [9.17, 15) is 28.8 Å². The predicted octanol–water partition coefficient (Wildman–Crippen LogP) is 4.73. The van der Waals surface area contributed by atoms with Gasteiger partial charge in [0.2, 0.25) is 17.7 Å². The first-order valence-electron chi connectivity index (χ1n) is 33.4. The van der Waals surface area contributed by atoms with Crippen molar-refractivity contribution in [2.75, 3.05) is 250 Å². The molecule has 1 atom stereocenters. The van der Waals surface area contributed by atoms with Gasteiger partial charge >= 0.3 is 5.97 Å². The van der Waals surface area contributed by atoms with Crippen LogP contribution in [-0.2, 0) is 122 Å². The molecule has 0 unspecified atom stereocenters. The number of hydrogen-bond donors (Lipinski definition) is 3. The zero-order valence-corrected chi connectivity index (χ0v) is 58.2. The highest BCUT2D eigenvalue weighted by Crippen LogP contribution is 2.20. The van der Waals surface area contributed by atoms with E-state index in [4.69, 9.17) is 80.5 Å². The predicted molar refractivity (Wildman–Crippen MR) is 359 cm³/mol. The normalized spacial score (nSPS) is 12.2. The van der Waals surface area contributed by atoms with Gasteiger partial charge in [0.1, 0.15) is 19.2 Å². The van der Waals surface area contributed by atoms with Gasteiger partial charge < -0.3 is 101 Å². The Balaban J connectivity index is -0.00000462. The summed E-state index contributed by atoms with van der Waals surface area (Å²) in [5.74, 6) is -3.46. The van der Waals surface area contributed by atoms with Crippen molar-refractivity contribution >= 4 is 41.2 Å². The van der Waals surface area contributed by atoms with Gasteiger partial charge in [-0.15, -0.1) is 0 Å². The molecule has 1 aromatic carbocycles. The largest absolute Gasteiger partial charge is 0.461 e. The molecule has 28 heteroatoms. The van der Waals surface area contributed by atoms with E-state index < -0.39 is 48.7 Å². The number of nitrogens with one attached hydrogen (secondary N) is 3. The molecule has 3 N–H and O–H groups in total. The van der Waals surface area contributed by atoms with E-state index in [-0.39, 0.29) is 23.3 Å². The number of aryl methyl sites for hydroxylation is 1. The summed E-state index contributed by atoms with van der Waals surface area (Å²) in [6, 6.07) is 4.35. The molecule has 0 bridgehead atoms. The Morgan fingerprint density at radius 3 is 1.16 bits per heavy atom. The van der Waals surface area contributed by atoms with Crippen LogP contribution in [0.15, 0.2) is 30.4 Å². The van der Waals surface area contributed by atoms with E-state index in [0.29, 0.717) is 210 Å². The second-order valence-corrected chi connectivity index (χ2v) is 20.8. The van der Waals surface area contributed by atoms with E-state index in [1.807, 2.05) is 6.07 Å². The van der Waals surface area contributed by atoms with Crippen molar-refractivity contribution in [1.29, 1.82) is 0 Å². The molecule has 0 saturated carbocycles. The second kappa shape index (κ2) is 68.2. The molecule has 0 radical (unpaired) electrons. The van der Waals surface area contributed by atoms with Gasteiger partial charge in [0, 0.05) is 69.1 Å². The van der Waals surface area contributed by atoms with Crippen LogP contribution in [0, 0.1) is 0 Å². The van der Waals surface area contributed by atoms with Crippen molar-refractivity contribution < 1.29 is 114 Å². The number of benzene rings is 1. The molecule has 1 aliphatic heterocycles. The molecular weight excluding hydrogens is 1230 g/mol. The lowest BCUT2D eigenvalue weighted by Crippen LogP contribution is -2.47. The SMILES string of the molecule is CCC.CCC.CCC(=O)OCc1ccc(NC(=O)[C@H](C)NC(=O)CNC(=O)CN2C(=O)C=CC2=O)cc1CCCN(CCCOCCOCCOCCOCCOCCOCCOCCOC)CCCOCCOCCOCCOCCOCCOCCOCCOC.[HH].[HH].[HH]. The summed E-state index contributed by atoms with van der Waals surface area (Å²) in [4.78, 5) is 77.0. The highest BCUT2D eigenvalue weighted by atomic mass is 16.6. The standard InChI is InChI=1S/C60H103N5O23.2C3H8.3H2/c1-5-59(70)88-50-53-10-11-54(63-60(71)51(2)62-55(66)48-61-56(67)49-65-57(68)12-13-58(65)69)47-52(53)9-6-14-64(15-7-17-74-23-25-78-31-33-82-39-41-86-45-43-84-37-35-80-29-27-76-21-19-72-3)16-8-18-75-24-26-79-32-34-83-40-42-87-46-44-85-38-36-81-30-28-77-22-20-73-4;2*1-3-2;;;/h10-13,47,51H,5-9,14-46,48-50H2,1-4H3,(H,61,67)(H,62,66)(H,63,71);2*3H2,1-2H3;3*1H/t51-;;;;;/m0...../s1. The number of carbonyl (C=O) groups excluding carboxylic acids is 6. The number of methoxy groups -OCH3 is 2. The number of carbonyl (C=O) groups is 6. The first kappa shape index (κ1) is 89.3. The van der Waals surface area contributed by atoms with E-state index in [1.165, 1.54) is 19.8 Å². The van der Waals surface area contributed by atoms with Crippen LogP contribution in [0.3, 0.4) is 0 Å². The minimum Gasteiger partial charge on any atom is -0.461 e. The highest BCUT2D eigenvalue weighted by Gasteiger charge is 2.26. The number of anilines is 1. The quantitative estimate of drug-likeness (QED) is 0.0451. The maximum atomic E-state index is 13.3. The van der Waals surface area contributed by atoms with E-state index >= 15 is 0 Å². The van der Waals surface area contributed by atoms with Crippen LogP contribution in [0.1, 0.15) is 95.5 Å². The Kier molecular flexibility index (Phi) is 64.8. The van der Waals surface area contributed by atoms with Crippen molar-refractivity contribution in [2.24, 2.45) is 0 Å². The van der Waals surface area contributed by atoms with Gasteiger partial charge in [0.25, 0.3) is 11.8 Å². The number of nitrogens with zero attached hydrogens (tertiary/aromatic N) is 2. The van der Waals surface area contributed by atoms with Gasteiger partial charge in [0.15, 0.2) is 0 Å². The summed E-state index contributed by atoms with van der Waals surface area (Å²) in [5, 5.41) is 7.73. The van der Waals surface area contributed by atoms with Gasteiger partial charge in [-0.3, -0.25) is 33.7 Å². The zero-order chi connectivity index (χ0) is 69.0. The summed E-state index contributed by atoms with van der Waals surface area (Å²) in [7, 11) is 3.27. The van der Waals surface area contributed by atoms with Gasteiger partial charge in [-0.1, -0.05) is 53.5 Å². The van der Waals surface area contributed by atoms with Crippen LogP contribution in [0.25, 0.3) is 0 Å². The fraction of sp³-hybridized carbons (Fsp3) is 0.788. The number of hydrogen-bond acceptors (Lipinski definition) is 24. The van der Waals surface area contributed by atoms with Crippen LogP contribution in [0.2, 0.25) is 0 Å². The van der Waals surface area contributed by atoms with Gasteiger partial charge in [-0.2, -0.15) is 0 Å². The summed E-state index contributed by atoms with van der Waals surface area (Å²) >= 11 is 0. The molecule has 5 amide bonds. The molecular formula is C66H125N5O23. The Labute approximate surface area is 564 Å². The monoisotopic (exact) mass is 1360 g/mol. The van der Waals surface area contributed by atoms with E-state index in [2.05, 4.69) is 48.5 Å². The molecule has 1 aromatic rings. The number of esters is 1. The van der Waals surface area contributed by atoms with Crippen molar-refractivity contribution in [1.82, 2.24) is 20.4 Å². The fourth-order valence-corrected chi connectivity index (χ4v) is 7.65. The molecule has 94 heavy (non-hydrogen) atoms. The molecule has 0 fully saturated rings. The Morgan fingerprint density at radius 1 is 0.468 bits per heavy atom. The molecule has 0 saturated heterocycles. The van der Waals surface area contributed by atoms with Crippen LogP contribution < -0.4 is 16.0 Å². The third-order valence-corrected chi connectivity index (χ3v) is 12.3. The number of ether oxygens (including phenoxy) is 17. The third kappa shape index (κ3) is 56.5. The van der Waals surface area contributed by atoms with E-state index in [0.717, 1.165) is 67.1 Å². The van der Waals surface area contributed by atoms with Gasteiger partial charge in [0.05, 0.1) is 192 Å². The molecule has 552 valence electrons. The number of imide groups is 1. The maximum absolute atomic E-state index is 13.3. The van der Waals surface area contributed by atoms with E-state index in [1.54, 1.807) is 33.3 Å².